The maximum atomic E-state index is 13.2. The molecule has 0 radical (unpaired) electrons. The SMILES string of the molecule is Cc1cc(N)c(S(N)(=O)=O)cc1C(=O)Nc1cc(F)c(F)c(F)c1.OC1CCCCC1. The highest BCUT2D eigenvalue weighted by atomic mass is 32.2. The lowest BCUT2D eigenvalue weighted by molar-refractivity contribution is 0.102. The van der Waals surface area contributed by atoms with Gasteiger partial charge < -0.3 is 16.2 Å². The van der Waals surface area contributed by atoms with Crippen molar-refractivity contribution in [2.24, 2.45) is 5.14 Å². The number of rotatable bonds is 3. The standard InChI is InChI=1S/C14H12F3N3O3S.C6H12O/c1-6-2-11(18)12(24(19,22)23)5-8(6)14(21)20-7-3-9(15)13(17)10(16)4-7;7-6-4-2-1-3-5-6/h2-5H,18H2,1H3,(H,20,21)(H2,19,22,23);6-7H,1-5H2. The predicted octanol–water partition coefficient (Wildman–Crippen LogP) is 3.21. The third-order valence-electron chi connectivity index (χ3n) is 4.72. The zero-order valence-corrected chi connectivity index (χ0v) is 17.6. The minimum absolute atomic E-state index is 0.0359. The summed E-state index contributed by atoms with van der Waals surface area (Å²) in [6.45, 7) is 1.48. The van der Waals surface area contributed by atoms with E-state index >= 15 is 0 Å². The second kappa shape index (κ2) is 10.1. The quantitative estimate of drug-likeness (QED) is 0.413. The number of nitrogen functional groups attached to an aromatic ring is 1. The Hall–Kier alpha value is -2.63. The molecule has 0 saturated heterocycles. The molecule has 11 heteroatoms. The van der Waals surface area contributed by atoms with Crippen molar-refractivity contribution in [3.8, 4) is 0 Å². The molecule has 7 nitrogen and oxygen atoms in total. The van der Waals surface area contributed by atoms with Gasteiger partial charge in [0.2, 0.25) is 10.0 Å². The van der Waals surface area contributed by atoms with E-state index < -0.39 is 38.3 Å². The van der Waals surface area contributed by atoms with Crippen LogP contribution in [0.4, 0.5) is 24.5 Å². The highest BCUT2D eigenvalue weighted by molar-refractivity contribution is 7.89. The number of amides is 1. The summed E-state index contributed by atoms with van der Waals surface area (Å²) in [5.41, 5.74) is 5.24. The van der Waals surface area contributed by atoms with Crippen LogP contribution in [0.3, 0.4) is 0 Å². The molecule has 1 fully saturated rings. The second-order valence-corrected chi connectivity index (χ2v) is 8.78. The zero-order valence-electron chi connectivity index (χ0n) is 16.8. The van der Waals surface area contributed by atoms with Crippen molar-refractivity contribution >= 4 is 27.3 Å². The van der Waals surface area contributed by atoms with E-state index in [1.54, 1.807) is 0 Å². The molecule has 170 valence electrons. The lowest BCUT2D eigenvalue weighted by atomic mass is 9.98. The van der Waals surface area contributed by atoms with Gasteiger partial charge in [-0.25, -0.2) is 26.7 Å². The number of aliphatic hydroxyl groups is 1. The Balaban J connectivity index is 0.000000412. The Morgan fingerprint density at radius 2 is 1.61 bits per heavy atom. The van der Waals surface area contributed by atoms with E-state index in [9.17, 15) is 26.4 Å². The van der Waals surface area contributed by atoms with Crippen LogP contribution in [0.25, 0.3) is 0 Å². The number of aryl methyl sites for hydroxylation is 1. The first-order valence-corrected chi connectivity index (χ1v) is 11.0. The number of nitrogens with one attached hydrogen (secondary N) is 1. The molecule has 0 unspecified atom stereocenters. The van der Waals surface area contributed by atoms with Crippen LogP contribution in [0.1, 0.15) is 48.0 Å². The van der Waals surface area contributed by atoms with Gasteiger partial charge in [0.15, 0.2) is 17.5 Å². The second-order valence-electron chi connectivity index (χ2n) is 7.25. The highest BCUT2D eigenvalue weighted by Gasteiger charge is 2.19. The number of hydrogen-bond donors (Lipinski definition) is 4. The van der Waals surface area contributed by atoms with Crippen LogP contribution in [0, 0.1) is 24.4 Å². The fourth-order valence-corrected chi connectivity index (χ4v) is 3.78. The Bertz CT molecular complexity index is 1050. The van der Waals surface area contributed by atoms with Crippen LogP contribution in [0.15, 0.2) is 29.2 Å². The Kier molecular flexibility index (Phi) is 8.04. The summed E-state index contributed by atoms with van der Waals surface area (Å²) in [4.78, 5) is 11.7. The zero-order chi connectivity index (χ0) is 23.3. The maximum Gasteiger partial charge on any atom is 0.255 e. The van der Waals surface area contributed by atoms with E-state index in [-0.39, 0.29) is 23.0 Å². The summed E-state index contributed by atoms with van der Waals surface area (Å²) >= 11 is 0. The summed E-state index contributed by atoms with van der Waals surface area (Å²) in [6, 6.07) is 3.35. The van der Waals surface area contributed by atoms with Crippen molar-refractivity contribution < 1.29 is 31.5 Å². The first-order valence-electron chi connectivity index (χ1n) is 9.47. The fraction of sp³-hybridized carbons (Fsp3) is 0.350. The lowest BCUT2D eigenvalue weighted by Crippen LogP contribution is -2.18. The number of primary sulfonamides is 1. The third-order valence-corrected chi connectivity index (χ3v) is 5.69. The maximum absolute atomic E-state index is 13.2. The molecule has 1 aliphatic rings. The molecule has 0 aromatic heterocycles. The molecule has 0 aliphatic heterocycles. The number of aliphatic hydroxyl groups excluding tert-OH is 1. The molecule has 6 N–H and O–H groups in total. The van der Waals surface area contributed by atoms with E-state index in [2.05, 4.69) is 5.32 Å². The highest BCUT2D eigenvalue weighted by Crippen LogP contribution is 2.24. The van der Waals surface area contributed by atoms with Crippen LogP contribution in [-0.2, 0) is 10.0 Å². The molecule has 0 spiro atoms. The van der Waals surface area contributed by atoms with E-state index in [1.165, 1.54) is 32.3 Å². The van der Waals surface area contributed by atoms with Gasteiger partial charge in [0.05, 0.1) is 11.8 Å². The van der Waals surface area contributed by atoms with E-state index in [0.717, 1.165) is 18.9 Å². The topological polar surface area (TPSA) is 136 Å². The largest absolute Gasteiger partial charge is 0.398 e. The third kappa shape index (κ3) is 6.68. The molecular formula is C20H24F3N3O4S. The monoisotopic (exact) mass is 459 g/mol. The van der Waals surface area contributed by atoms with Gasteiger partial charge in [0.1, 0.15) is 4.90 Å². The van der Waals surface area contributed by atoms with Crippen molar-refractivity contribution in [2.45, 2.75) is 50.0 Å². The fourth-order valence-electron chi connectivity index (χ4n) is 3.11. The first kappa shape index (κ1) is 24.6. The first-order chi connectivity index (χ1) is 14.4. The van der Waals surface area contributed by atoms with Gasteiger partial charge in [0, 0.05) is 23.4 Å². The Morgan fingerprint density at radius 1 is 1.06 bits per heavy atom. The normalized spacial score (nSPS) is 14.5. The smallest absolute Gasteiger partial charge is 0.255 e. The van der Waals surface area contributed by atoms with Crippen molar-refractivity contribution in [3.05, 3.63) is 52.8 Å². The molecular weight excluding hydrogens is 435 g/mol. The summed E-state index contributed by atoms with van der Waals surface area (Å²) in [7, 11) is -4.17. The lowest BCUT2D eigenvalue weighted by Gasteiger charge is -2.14. The van der Waals surface area contributed by atoms with E-state index in [4.69, 9.17) is 16.0 Å². The van der Waals surface area contributed by atoms with Gasteiger partial charge in [0.25, 0.3) is 5.91 Å². The molecule has 0 bridgehead atoms. The van der Waals surface area contributed by atoms with Gasteiger partial charge >= 0.3 is 0 Å². The van der Waals surface area contributed by atoms with E-state index in [1.807, 2.05) is 0 Å². The summed E-state index contributed by atoms with van der Waals surface area (Å²) in [5.74, 6) is -5.51. The van der Waals surface area contributed by atoms with Crippen LogP contribution < -0.4 is 16.2 Å². The molecule has 1 aliphatic carbocycles. The van der Waals surface area contributed by atoms with E-state index in [0.29, 0.717) is 17.7 Å². The number of carbonyl (C=O) groups is 1. The summed E-state index contributed by atoms with van der Waals surface area (Å²) in [5, 5.41) is 16.1. The summed E-state index contributed by atoms with van der Waals surface area (Å²) < 4.78 is 62.1. The number of sulfonamides is 1. The van der Waals surface area contributed by atoms with Crippen LogP contribution in [0.2, 0.25) is 0 Å². The minimum atomic E-state index is -4.17. The van der Waals surface area contributed by atoms with Crippen molar-refractivity contribution in [2.75, 3.05) is 11.1 Å². The molecule has 31 heavy (non-hydrogen) atoms. The van der Waals surface area contributed by atoms with Crippen molar-refractivity contribution in [1.29, 1.82) is 0 Å². The van der Waals surface area contributed by atoms with Crippen molar-refractivity contribution in [1.82, 2.24) is 0 Å². The van der Waals surface area contributed by atoms with Crippen LogP contribution in [-0.4, -0.2) is 25.5 Å². The summed E-state index contributed by atoms with van der Waals surface area (Å²) in [6.07, 6.45) is 5.92. The molecule has 0 atom stereocenters. The molecule has 2 aromatic rings. The Morgan fingerprint density at radius 3 is 2.06 bits per heavy atom. The predicted molar refractivity (Wildman–Crippen MR) is 110 cm³/mol. The number of benzene rings is 2. The number of nitrogens with two attached hydrogens (primary N) is 2. The number of hydrogen-bond acceptors (Lipinski definition) is 5. The van der Waals surface area contributed by atoms with Gasteiger partial charge in [-0.15, -0.1) is 0 Å². The average Bonchev–Trinajstić information content (AvgIpc) is 2.66. The number of anilines is 2. The number of halogens is 3. The average molecular weight is 459 g/mol. The molecule has 3 rings (SSSR count). The molecule has 1 saturated carbocycles. The van der Waals surface area contributed by atoms with Gasteiger partial charge in [-0.2, -0.15) is 0 Å². The number of carbonyl (C=O) groups excluding carboxylic acids is 1. The molecule has 0 heterocycles. The van der Waals surface area contributed by atoms with Gasteiger partial charge in [-0.3, -0.25) is 4.79 Å². The minimum Gasteiger partial charge on any atom is -0.398 e. The van der Waals surface area contributed by atoms with Crippen LogP contribution >= 0.6 is 0 Å². The van der Waals surface area contributed by atoms with Crippen LogP contribution in [0.5, 0.6) is 0 Å². The van der Waals surface area contributed by atoms with Crippen molar-refractivity contribution in [3.63, 3.8) is 0 Å². The Labute approximate surface area is 178 Å². The van der Waals surface area contributed by atoms with Gasteiger partial charge in [-0.05, 0) is 37.5 Å². The molecule has 1 amide bonds. The van der Waals surface area contributed by atoms with Gasteiger partial charge in [-0.1, -0.05) is 19.3 Å². The molecule has 2 aromatic carbocycles.